The highest BCUT2D eigenvalue weighted by Crippen LogP contribution is 2.27. The molecule has 0 bridgehead atoms. The van der Waals surface area contributed by atoms with Gasteiger partial charge in [-0.15, -0.1) is 0 Å². The van der Waals surface area contributed by atoms with Crippen LogP contribution in [0.3, 0.4) is 0 Å². The van der Waals surface area contributed by atoms with Gasteiger partial charge in [-0.2, -0.15) is 0 Å². The lowest BCUT2D eigenvalue weighted by atomic mass is 9.91. The molecule has 0 aliphatic carbocycles. The number of benzene rings is 4. The highest BCUT2D eigenvalue weighted by molar-refractivity contribution is 5.95. The summed E-state index contributed by atoms with van der Waals surface area (Å²) in [4.78, 5) is 56.6. The zero-order valence-electron chi connectivity index (χ0n) is 28.7. The number of carbonyl (C=O) groups is 4. The molecule has 0 saturated heterocycles. The molecular weight excluding hydrogens is 630 g/mol. The van der Waals surface area contributed by atoms with Gasteiger partial charge in [0.05, 0.1) is 6.04 Å². The van der Waals surface area contributed by atoms with Crippen LogP contribution < -0.4 is 21.7 Å². The van der Waals surface area contributed by atoms with Gasteiger partial charge in [-0.25, -0.2) is 0 Å². The standard InChI is InChI=1S/C40H45N5O5/c1-25-18-31(46)19-26(2)32(25)23-35(42-3)40(50)45-24-30-17-11-10-16-29(30)22-36(45)39(49)44-34(21-28-14-8-5-9-15-28)38(48)43-33(37(41)47)20-27-12-6-4-7-13-27/h4-19,33-36,42,46H,20-24H2,1-3H3,(H2,41,47)(H,43,48)(H,44,49)/t33-,34-,35?,36?/m0/s1. The number of hydrogen-bond donors (Lipinski definition) is 5. The summed E-state index contributed by atoms with van der Waals surface area (Å²) in [6, 6.07) is 26.0. The van der Waals surface area contributed by atoms with Crippen LogP contribution in [0.4, 0.5) is 0 Å². The van der Waals surface area contributed by atoms with Crippen molar-refractivity contribution in [3.05, 3.63) is 136 Å². The fourth-order valence-corrected chi connectivity index (χ4v) is 6.67. The first-order valence-corrected chi connectivity index (χ1v) is 16.9. The number of carbonyl (C=O) groups excluding carboxylic acids is 4. The molecule has 1 aliphatic rings. The van der Waals surface area contributed by atoms with Gasteiger partial charge in [0.1, 0.15) is 23.9 Å². The number of rotatable bonds is 13. The Balaban J connectivity index is 1.42. The number of aromatic hydroxyl groups is 1. The predicted molar refractivity (Wildman–Crippen MR) is 192 cm³/mol. The van der Waals surface area contributed by atoms with E-state index >= 15 is 0 Å². The summed E-state index contributed by atoms with van der Waals surface area (Å²) < 4.78 is 0. The molecule has 10 nitrogen and oxygen atoms in total. The number of phenolic OH excluding ortho intramolecular Hbond substituents is 1. The summed E-state index contributed by atoms with van der Waals surface area (Å²) in [5.74, 6) is -1.81. The Morgan fingerprint density at radius 1 is 0.760 bits per heavy atom. The molecule has 0 aromatic heterocycles. The average molecular weight is 676 g/mol. The molecule has 260 valence electrons. The predicted octanol–water partition coefficient (Wildman–Crippen LogP) is 3.03. The molecule has 4 aromatic carbocycles. The number of aryl methyl sites for hydroxylation is 2. The van der Waals surface area contributed by atoms with E-state index in [1.807, 2.05) is 98.8 Å². The first kappa shape index (κ1) is 35.8. The molecule has 0 radical (unpaired) electrons. The molecule has 1 aliphatic heterocycles. The lowest BCUT2D eigenvalue weighted by molar-refractivity contribution is -0.144. The second-order valence-electron chi connectivity index (χ2n) is 13.0. The average Bonchev–Trinajstić information content (AvgIpc) is 3.10. The van der Waals surface area contributed by atoms with Crippen molar-refractivity contribution < 1.29 is 24.3 Å². The van der Waals surface area contributed by atoms with Crippen molar-refractivity contribution in [2.45, 2.75) is 70.2 Å². The second-order valence-corrected chi connectivity index (χ2v) is 13.0. The first-order valence-electron chi connectivity index (χ1n) is 16.9. The maximum absolute atomic E-state index is 14.4. The Morgan fingerprint density at radius 3 is 1.86 bits per heavy atom. The second kappa shape index (κ2) is 16.3. The molecule has 6 N–H and O–H groups in total. The van der Waals surface area contributed by atoms with E-state index in [-0.39, 0.29) is 37.5 Å². The van der Waals surface area contributed by atoms with Crippen molar-refractivity contribution in [3.63, 3.8) is 0 Å². The van der Waals surface area contributed by atoms with Crippen LogP contribution >= 0.6 is 0 Å². The summed E-state index contributed by atoms with van der Waals surface area (Å²) in [6.07, 6.45) is 0.972. The minimum atomic E-state index is -1.06. The third-order valence-electron chi connectivity index (χ3n) is 9.43. The number of hydrogen-bond acceptors (Lipinski definition) is 6. The van der Waals surface area contributed by atoms with E-state index in [1.54, 1.807) is 24.1 Å². The third-order valence-corrected chi connectivity index (χ3v) is 9.43. The van der Waals surface area contributed by atoms with Crippen LogP contribution in [0.15, 0.2) is 97.1 Å². The largest absolute Gasteiger partial charge is 0.508 e. The number of phenols is 1. The summed E-state index contributed by atoms with van der Waals surface area (Å²) in [7, 11) is 1.71. The van der Waals surface area contributed by atoms with Gasteiger partial charge in [-0.1, -0.05) is 84.9 Å². The molecule has 4 atom stereocenters. The smallest absolute Gasteiger partial charge is 0.243 e. The Kier molecular flexibility index (Phi) is 11.7. The highest BCUT2D eigenvalue weighted by atomic mass is 16.3. The summed E-state index contributed by atoms with van der Waals surface area (Å²) in [6.45, 7) is 4.01. The minimum Gasteiger partial charge on any atom is -0.508 e. The van der Waals surface area contributed by atoms with E-state index in [9.17, 15) is 24.3 Å². The van der Waals surface area contributed by atoms with Gasteiger partial charge in [0, 0.05) is 25.8 Å². The molecule has 4 aromatic rings. The molecule has 10 heteroatoms. The number of fused-ring (bicyclic) bond motifs is 1. The maximum Gasteiger partial charge on any atom is 0.243 e. The maximum atomic E-state index is 14.4. The molecule has 0 spiro atoms. The Morgan fingerprint density at radius 2 is 1.30 bits per heavy atom. The summed E-state index contributed by atoms with van der Waals surface area (Å²) in [5, 5.41) is 18.9. The van der Waals surface area contributed by atoms with E-state index in [2.05, 4.69) is 16.0 Å². The number of nitrogens with one attached hydrogen (secondary N) is 3. The topological polar surface area (TPSA) is 154 Å². The lowest BCUT2D eigenvalue weighted by Gasteiger charge is -2.38. The SMILES string of the molecule is CNC(Cc1c(C)cc(O)cc1C)C(=O)N1Cc2ccccc2CC1C(=O)N[C@@H](Cc1ccccc1)C(=O)N[C@@H](Cc1ccccc1)C(N)=O. The fourth-order valence-electron chi connectivity index (χ4n) is 6.67. The Labute approximate surface area is 293 Å². The molecule has 1 heterocycles. The monoisotopic (exact) mass is 675 g/mol. The van der Waals surface area contributed by atoms with Crippen LogP contribution in [0.5, 0.6) is 5.75 Å². The molecule has 50 heavy (non-hydrogen) atoms. The minimum absolute atomic E-state index is 0.158. The normalized spacial score (nSPS) is 15.7. The quantitative estimate of drug-likeness (QED) is 0.147. The number of nitrogens with two attached hydrogens (primary N) is 1. The van der Waals surface area contributed by atoms with Gasteiger partial charge >= 0.3 is 0 Å². The van der Waals surface area contributed by atoms with Crippen molar-refractivity contribution in [2.75, 3.05) is 7.05 Å². The van der Waals surface area contributed by atoms with Crippen molar-refractivity contribution >= 4 is 23.6 Å². The zero-order valence-corrected chi connectivity index (χ0v) is 28.7. The molecule has 2 unspecified atom stereocenters. The molecule has 0 fully saturated rings. The number of nitrogens with zero attached hydrogens (tertiary/aromatic N) is 1. The van der Waals surface area contributed by atoms with Gasteiger partial charge < -0.3 is 31.7 Å². The van der Waals surface area contributed by atoms with Crippen molar-refractivity contribution in [1.29, 1.82) is 0 Å². The molecule has 5 rings (SSSR count). The van der Waals surface area contributed by atoms with Gasteiger partial charge in [0.15, 0.2) is 0 Å². The number of likely N-dealkylation sites (N-methyl/N-ethyl adjacent to an activating group) is 1. The zero-order chi connectivity index (χ0) is 35.8. The van der Waals surface area contributed by atoms with Crippen LogP contribution in [-0.2, 0) is 51.4 Å². The van der Waals surface area contributed by atoms with Crippen LogP contribution in [0.25, 0.3) is 0 Å². The summed E-state index contributed by atoms with van der Waals surface area (Å²) >= 11 is 0. The summed E-state index contributed by atoms with van der Waals surface area (Å²) in [5.41, 5.74) is 11.9. The van der Waals surface area contributed by atoms with Gasteiger partial charge in [-0.3, -0.25) is 19.2 Å². The van der Waals surface area contributed by atoms with Gasteiger partial charge in [0.25, 0.3) is 0 Å². The first-order chi connectivity index (χ1) is 24.0. The number of primary amides is 1. The van der Waals surface area contributed by atoms with Crippen LogP contribution in [-0.4, -0.2) is 64.9 Å². The van der Waals surface area contributed by atoms with Crippen molar-refractivity contribution in [1.82, 2.24) is 20.9 Å². The fraction of sp³-hybridized carbons (Fsp3) is 0.300. The molecule has 0 saturated carbocycles. The number of amides is 4. The van der Waals surface area contributed by atoms with Crippen molar-refractivity contribution in [2.24, 2.45) is 5.73 Å². The molecule has 4 amide bonds. The highest BCUT2D eigenvalue weighted by Gasteiger charge is 2.39. The van der Waals surface area contributed by atoms with E-state index < -0.39 is 41.9 Å². The van der Waals surface area contributed by atoms with Gasteiger partial charge in [-0.05, 0) is 78.4 Å². The lowest BCUT2D eigenvalue weighted by Crippen LogP contribution is -2.60. The van der Waals surface area contributed by atoms with Crippen LogP contribution in [0, 0.1) is 13.8 Å². The van der Waals surface area contributed by atoms with Crippen molar-refractivity contribution in [3.8, 4) is 5.75 Å². The van der Waals surface area contributed by atoms with E-state index in [0.717, 1.165) is 38.9 Å². The van der Waals surface area contributed by atoms with E-state index in [0.29, 0.717) is 6.42 Å². The van der Waals surface area contributed by atoms with Crippen LogP contribution in [0.2, 0.25) is 0 Å². The van der Waals surface area contributed by atoms with E-state index in [4.69, 9.17) is 5.73 Å². The third kappa shape index (κ3) is 8.75. The van der Waals surface area contributed by atoms with E-state index in [1.165, 1.54) is 0 Å². The Bertz CT molecular complexity index is 1810. The van der Waals surface area contributed by atoms with Crippen LogP contribution in [0.1, 0.15) is 38.9 Å². The van der Waals surface area contributed by atoms with Gasteiger partial charge in [0.2, 0.25) is 23.6 Å². The molecular formula is C40H45N5O5. The Hall–Kier alpha value is -5.48.